The van der Waals surface area contributed by atoms with Gasteiger partial charge in [-0.25, -0.2) is 9.97 Å². The number of tetrazole rings is 1. The molecule has 34 heavy (non-hydrogen) atoms. The van der Waals surface area contributed by atoms with E-state index < -0.39 is 35.9 Å². The van der Waals surface area contributed by atoms with E-state index in [1.807, 2.05) is 0 Å². The number of primary amides is 1. The van der Waals surface area contributed by atoms with Crippen LogP contribution in [0.25, 0.3) is 22.0 Å². The highest BCUT2D eigenvalue weighted by Crippen LogP contribution is 2.39. The van der Waals surface area contributed by atoms with Gasteiger partial charge in [-0.1, -0.05) is 19.1 Å². The van der Waals surface area contributed by atoms with Crippen LogP contribution in [0.5, 0.6) is 0 Å². The molecule has 1 atom stereocenters. The second-order valence-corrected chi connectivity index (χ2v) is 7.50. The van der Waals surface area contributed by atoms with E-state index in [2.05, 4.69) is 25.4 Å². The number of amides is 1. The van der Waals surface area contributed by atoms with Crippen LogP contribution in [0, 0.1) is 5.95 Å². The third-order valence-corrected chi connectivity index (χ3v) is 5.29. The Bertz CT molecular complexity index is 1370. The van der Waals surface area contributed by atoms with E-state index in [1.165, 1.54) is 24.4 Å². The molecule has 0 aliphatic heterocycles. The molecule has 0 aliphatic carbocycles. The lowest BCUT2D eigenvalue weighted by Crippen LogP contribution is -2.42. The standard InChI is InChI=1S/C21H17F4N7O2/c1-2-20(34,21(23,24)25)19-29-31-32(30-19)10-11-3-5-13-14(12-4-6-17(22)27-9-12)8-16(18(26)33)28-15(13)7-11/h3-9,34H,2,10H2,1H3,(H2,26,33)/t20-/m1/s1. The third kappa shape index (κ3) is 4.17. The molecule has 176 valence electrons. The molecule has 1 aromatic carbocycles. The summed E-state index contributed by atoms with van der Waals surface area (Å²) in [7, 11) is 0. The Morgan fingerprint density at radius 2 is 1.94 bits per heavy atom. The average molecular weight is 475 g/mol. The lowest BCUT2D eigenvalue weighted by molar-refractivity contribution is -0.270. The molecule has 3 aromatic heterocycles. The van der Waals surface area contributed by atoms with E-state index in [0.29, 0.717) is 27.6 Å². The van der Waals surface area contributed by atoms with Gasteiger partial charge in [-0.05, 0) is 47.0 Å². The van der Waals surface area contributed by atoms with Crippen molar-refractivity contribution in [2.75, 3.05) is 0 Å². The second-order valence-electron chi connectivity index (χ2n) is 7.50. The maximum atomic E-state index is 13.3. The van der Waals surface area contributed by atoms with Gasteiger partial charge in [0.1, 0.15) is 5.69 Å². The molecule has 0 spiro atoms. The summed E-state index contributed by atoms with van der Waals surface area (Å²) in [6, 6.07) is 9.05. The first-order chi connectivity index (χ1) is 16.0. The monoisotopic (exact) mass is 475 g/mol. The zero-order chi connectivity index (χ0) is 24.7. The van der Waals surface area contributed by atoms with Gasteiger partial charge in [0.25, 0.3) is 5.91 Å². The Labute approximate surface area is 189 Å². The molecular weight excluding hydrogens is 458 g/mol. The van der Waals surface area contributed by atoms with Crippen molar-refractivity contribution < 1.29 is 27.5 Å². The molecule has 0 fully saturated rings. The fourth-order valence-electron chi connectivity index (χ4n) is 3.40. The van der Waals surface area contributed by atoms with Crippen molar-refractivity contribution in [1.29, 1.82) is 0 Å². The largest absolute Gasteiger partial charge is 0.424 e. The van der Waals surface area contributed by atoms with Gasteiger partial charge in [0.05, 0.1) is 12.1 Å². The van der Waals surface area contributed by atoms with Crippen LogP contribution in [0.15, 0.2) is 42.6 Å². The Morgan fingerprint density at radius 3 is 2.56 bits per heavy atom. The molecule has 0 bridgehead atoms. The minimum atomic E-state index is -4.97. The number of halogens is 4. The fraction of sp³-hybridized carbons (Fsp3) is 0.238. The summed E-state index contributed by atoms with van der Waals surface area (Å²) < 4.78 is 53.0. The van der Waals surface area contributed by atoms with Crippen molar-refractivity contribution in [1.82, 2.24) is 30.2 Å². The Morgan fingerprint density at radius 1 is 1.18 bits per heavy atom. The number of hydrogen-bond donors (Lipinski definition) is 2. The molecule has 0 saturated carbocycles. The predicted molar refractivity (Wildman–Crippen MR) is 111 cm³/mol. The zero-order valence-electron chi connectivity index (χ0n) is 17.6. The van der Waals surface area contributed by atoms with Gasteiger partial charge in [-0.3, -0.25) is 4.79 Å². The van der Waals surface area contributed by atoms with Gasteiger partial charge < -0.3 is 10.8 Å². The summed E-state index contributed by atoms with van der Waals surface area (Å²) in [5.41, 5.74) is 4.10. The van der Waals surface area contributed by atoms with Crippen LogP contribution in [-0.4, -0.2) is 47.4 Å². The second kappa shape index (κ2) is 8.41. The maximum Gasteiger partial charge on any atom is 0.424 e. The summed E-state index contributed by atoms with van der Waals surface area (Å²) in [4.78, 5) is 20.6. The lowest BCUT2D eigenvalue weighted by Gasteiger charge is -2.25. The van der Waals surface area contributed by atoms with E-state index in [0.717, 1.165) is 11.7 Å². The highest BCUT2D eigenvalue weighted by Gasteiger charge is 2.57. The van der Waals surface area contributed by atoms with Gasteiger partial charge >= 0.3 is 6.18 Å². The summed E-state index contributed by atoms with van der Waals surface area (Å²) in [5, 5.41) is 21.3. The summed E-state index contributed by atoms with van der Waals surface area (Å²) in [6.07, 6.45) is -4.35. The molecule has 0 unspecified atom stereocenters. The van der Waals surface area contributed by atoms with E-state index >= 15 is 0 Å². The maximum absolute atomic E-state index is 13.3. The molecule has 0 radical (unpaired) electrons. The Kier molecular flexibility index (Phi) is 5.73. The molecule has 0 aliphatic rings. The SMILES string of the molecule is CC[C@@](O)(c1nnn(Cc2ccc3c(-c4ccc(F)nc4)cc(C(N)=O)nc3c2)n1)C(F)(F)F. The van der Waals surface area contributed by atoms with Crippen molar-refractivity contribution in [3.63, 3.8) is 0 Å². The molecule has 0 saturated heterocycles. The van der Waals surface area contributed by atoms with Crippen LogP contribution in [-0.2, 0) is 12.1 Å². The van der Waals surface area contributed by atoms with Crippen LogP contribution >= 0.6 is 0 Å². The molecule has 9 nitrogen and oxygen atoms in total. The summed E-state index contributed by atoms with van der Waals surface area (Å²) in [5.74, 6) is -2.31. The van der Waals surface area contributed by atoms with E-state index in [4.69, 9.17) is 5.73 Å². The lowest BCUT2D eigenvalue weighted by atomic mass is 9.99. The minimum Gasteiger partial charge on any atom is -0.374 e. The number of alkyl halides is 3. The molecule has 1 amide bonds. The third-order valence-electron chi connectivity index (χ3n) is 5.29. The van der Waals surface area contributed by atoms with Gasteiger partial charge in [0, 0.05) is 17.1 Å². The number of benzene rings is 1. The van der Waals surface area contributed by atoms with Crippen molar-refractivity contribution in [3.05, 3.63) is 65.6 Å². The number of nitrogens with zero attached hydrogens (tertiary/aromatic N) is 6. The molecular formula is C21H17F4N7O2. The molecule has 4 rings (SSSR count). The molecule has 13 heteroatoms. The number of nitrogens with two attached hydrogens (primary N) is 1. The van der Waals surface area contributed by atoms with E-state index in [-0.39, 0.29) is 12.2 Å². The first kappa shape index (κ1) is 23.2. The topological polar surface area (TPSA) is 133 Å². The van der Waals surface area contributed by atoms with E-state index in [1.54, 1.807) is 18.2 Å². The van der Waals surface area contributed by atoms with Crippen molar-refractivity contribution >= 4 is 16.8 Å². The molecule has 4 aromatic rings. The quantitative estimate of drug-likeness (QED) is 0.324. The number of fused-ring (bicyclic) bond motifs is 1. The highest BCUT2D eigenvalue weighted by molar-refractivity contribution is 6.00. The first-order valence-electron chi connectivity index (χ1n) is 9.94. The first-order valence-corrected chi connectivity index (χ1v) is 9.94. The van der Waals surface area contributed by atoms with Gasteiger partial charge in [-0.15, -0.1) is 10.2 Å². The summed E-state index contributed by atoms with van der Waals surface area (Å²) in [6.45, 7) is 1.07. The number of carbonyl (C=O) groups excluding carboxylic acids is 1. The van der Waals surface area contributed by atoms with Crippen molar-refractivity contribution in [2.24, 2.45) is 5.73 Å². The highest BCUT2D eigenvalue weighted by atomic mass is 19.4. The van der Waals surface area contributed by atoms with Crippen LogP contribution < -0.4 is 5.73 Å². The Balaban J connectivity index is 1.73. The van der Waals surface area contributed by atoms with Crippen LogP contribution in [0.2, 0.25) is 0 Å². The predicted octanol–water partition coefficient (Wildman–Crippen LogP) is 2.73. The van der Waals surface area contributed by atoms with Crippen LogP contribution in [0.1, 0.15) is 35.2 Å². The number of pyridine rings is 2. The smallest absolute Gasteiger partial charge is 0.374 e. The van der Waals surface area contributed by atoms with Crippen molar-refractivity contribution in [3.8, 4) is 11.1 Å². The van der Waals surface area contributed by atoms with E-state index in [9.17, 15) is 27.5 Å². The van der Waals surface area contributed by atoms with Crippen LogP contribution in [0.4, 0.5) is 17.6 Å². The van der Waals surface area contributed by atoms with Crippen LogP contribution in [0.3, 0.4) is 0 Å². The van der Waals surface area contributed by atoms with Crippen molar-refractivity contribution in [2.45, 2.75) is 31.7 Å². The van der Waals surface area contributed by atoms with Gasteiger partial charge in [-0.2, -0.15) is 22.4 Å². The van der Waals surface area contributed by atoms with Gasteiger partial charge in [0.15, 0.2) is 0 Å². The normalized spacial score (nSPS) is 13.7. The summed E-state index contributed by atoms with van der Waals surface area (Å²) >= 11 is 0. The number of carbonyl (C=O) groups is 1. The number of aromatic nitrogens is 6. The number of rotatable bonds is 6. The molecule has 3 heterocycles. The zero-order valence-corrected chi connectivity index (χ0v) is 17.6. The fourth-order valence-corrected chi connectivity index (χ4v) is 3.40. The Hall–Kier alpha value is -4.00. The van der Waals surface area contributed by atoms with Gasteiger partial charge in [0.2, 0.25) is 17.4 Å². The average Bonchev–Trinajstić information content (AvgIpc) is 3.26. The molecule has 3 N–H and O–H groups in total. The number of hydrogen-bond acceptors (Lipinski definition) is 7. The minimum absolute atomic E-state index is 0.0386. The number of aliphatic hydroxyl groups is 1.